The Balaban J connectivity index is 2.77. The number of hydrogen-bond donors (Lipinski definition) is 1. The van der Waals surface area contributed by atoms with Gasteiger partial charge in [-0.1, -0.05) is 0 Å². The van der Waals surface area contributed by atoms with E-state index in [0.29, 0.717) is 0 Å². The molecular weight excluding hydrogens is 204 g/mol. The second kappa shape index (κ2) is 3.40. The Morgan fingerprint density at radius 2 is 2.00 bits per heavy atom. The maximum Gasteiger partial charge on any atom is 0.422 e. The monoisotopic (exact) mass is 214 g/mol. The molecule has 0 saturated heterocycles. The van der Waals surface area contributed by atoms with Crippen LogP contribution in [-0.4, -0.2) is 22.9 Å². The molecule has 1 saturated carbocycles. The van der Waals surface area contributed by atoms with Crippen LogP contribution in [0.3, 0.4) is 0 Å². The minimum absolute atomic E-state index is 0.0347. The van der Waals surface area contributed by atoms with Crippen molar-refractivity contribution in [1.82, 2.24) is 0 Å². The molecule has 0 radical (unpaired) electrons. The first kappa shape index (κ1) is 11.3. The summed E-state index contributed by atoms with van der Waals surface area (Å²) in [5.74, 6) is -2.56. The molecule has 1 aliphatic carbocycles. The molecule has 14 heavy (non-hydrogen) atoms. The standard InChI is InChI=1S/C8H10F4O2/c9-7(8(10,11)12)3-1-2-5(4-7)6(13)14/h5H,1-4H2,(H,13,14). The van der Waals surface area contributed by atoms with Crippen LogP contribution < -0.4 is 0 Å². The Bertz CT molecular complexity index is 238. The maximum atomic E-state index is 13.3. The number of aliphatic carboxylic acids is 1. The normalized spacial score (nSPS) is 34.1. The summed E-state index contributed by atoms with van der Waals surface area (Å²) in [5, 5.41) is 8.50. The molecule has 0 aromatic carbocycles. The van der Waals surface area contributed by atoms with Crippen molar-refractivity contribution >= 4 is 5.97 Å². The highest BCUT2D eigenvalue weighted by Crippen LogP contribution is 2.46. The fraction of sp³-hybridized carbons (Fsp3) is 0.875. The van der Waals surface area contributed by atoms with E-state index in [-0.39, 0.29) is 12.8 Å². The molecule has 1 fully saturated rings. The van der Waals surface area contributed by atoms with Crippen LogP contribution in [0.25, 0.3) is 0 Å². The van der Waals surface area contributed by atoms with Crippen LogP contribution in [0.2, 0.25) is 0 Å². The number of hydrogen-bond acceptors (Lipinski definition) is 1. The summed E-state index contributed by atoms with van der Waals surface area (Å²) in [6.45, 7) is 0. The molecule has 0 aromatic heterocycles. The van der Waals surface area contributed by atoms with Gasteiger partial charge in [0.1, 0.15) is 0 Å². The minimum Gasteiger partial charge on any atom is -0.481 e. The molecule has 1 aliphatic rings. The van der Waals surface area contributed by atoms with Gasteiger partial charge in [0.05, 0.1) is 5.92 Å². The van der Waals surface area contributed by atoms with Crippen LogP contribution in [-0.2, 0) is 4.79 Å². The number of rotatable bonds is 1. The molecule has 0 spiro atoms. The first-order valence-electron chi connectivity index (χ1n) is 4.25. The van der Waals surface area contributed by atoms with Gasteiger partial charge in [0, 0.05) is 6.42 Å². The summed E-state index contributed by atoms with van der Waals surface area (Å²) in [4.78, 5) is 10.4. The van der Waals surface area contributed by atoms with Gasteiger partial charge in [-0.05, 0) is 19.3 Å². The van der Waals surface area contributed by atoms with Crippen molar-refractivity contribution in [3.05, 3.63) is 0 Å². The van der Waals surface area contributed by atoms with Crippen molar-refractivity contribution in [2.24, 2.45) is 5.92 Å². The van der Waals surface area contributed by atoms with Gasteiger partial charge < -0.3 is 5.11 Å². The molecule has 0 bridgehead atoms. The van der Waals surface area contributed by atoms with Gasteiger partial charge in [-0.25, -0.2) is 4.39 Å². The zero-order valence-corrected chi connectivity index (χ0v) is 7.27. The Hall–Kier alpha value is -0.810. The molecule has 82 valence electrons. The molecule has 1 N–H and O–H groups in total. The Kier molecular flexibility index (Phi) is 2.74. The molecule has 2 nitrogen and oxygen atoms in total. The van der Waals surface area contributed by atoms with Crippen molar-refractivity contribution in [3.63, 3.8) is 0 Å². The van der Waals surface area contributed by atoms with Crippen molar-refractivity contribution in [2.45, 2.75) is 37.5 Å². The van der Waals surface area contributed by atoms with Gasteiger partial charge in [0.2, 0.25) is 5.67 Å². The first-order valence-corrected chi connectivity index (χ1v) is 4.25. The summed E-state index contributed by atoms with van der Waals surface area (Å²) >= 11 is 0. The predicted octanol–water partition coefficient (Wildman–Crippen LogP) is 2.53. The highest BCUT2D eigenvalue weighted by Gasteiger charge is 2.58. The van der Waals surface area contributed by atoms with E-state index in [1.165, 1.54) is 0 Å². The van der Waals surface area contributed by atoms with Crippen molar-refractivity contribution in [2.75, 3.05) is 0 Å². The Morgan fingerprint density at radius 1 is 1.43 bits per heavy atom. The van der Waals surface area contributed by atoms with E-state index in [1.54, 1.807) is 0 Å². The van der Waals surface area contributed by atoms with Crippen molar-refractivity contribution in [3.8, 4) is 0 Å². The summed E-state index contributed by atoms with van der Waals surface area (Å²) in [5.41, 5.74) is -3.31. The number of carboxylic acids is 1. The fourth-order valence-corrected chi connectivity index (χ4v) is 1.69. The van der Waals surface area contributed by atoms with E-state index in [4.69, 9.17) is 5.11 Å². The van der Waals surface area contributed by atoms with Crippen LogP contribution in [0, 0.1) is 5.92 Å². The highest BCUT2D eigenvalue weighted by atomic mass is 19.4. The average molecular weight is 214 g/mol. The lowest BCUT2D eigenvalue weighted by atomic mass is 9.79. The van der Waals surface area contributed by atoms with E-state index in [2.05, 4.69) is 0 Å². The van der Waals surface area contributed by atoms with Gasteiger partial charge in [-0.3, -0.25) is 4.79 Å². The van der Waals surface area contributed by atoms with Crippen LogP contribution >= 0.6 is 0 Å². The molecule has 0 aliphatic heterocycles. The molecular formula is C8H10F4O2. The van der Waals surface area contributed by atoms with Gasteiger partial charge >= 0.3 is 12.1 Å². The lowest BCUT2D eigenvalue weighted by molar-refractivity contribution is -0.244. The lowest BCUT2D eigenvalue weighted by Crippen LogP contribution is -2.46. The third-order valence-corrected chi connectivity index (χ3v) is 2.55. The second-order valence-electron chi connectivity index (χ2n) is 3.59. The molecule has 2 unspecified atom stereocenters. The summed E-state index contributed by atoms with van der Waals surface area (Å²) in [6, 6.07) is 0. The molecule has 0 amide bonds. The molecule has 2 atom stereocenters. The number of alkyl halides is 4. The SMILES string of the molecule is O=C(O)C1CCCC(F)(C(F)(F)F)C1. The average Bonchev–Trinajstić information content (AvgIpc) is 2.02. The third-order valence-electron chi connectivity index (χ3n) is 2.55. The van der Waals surface area contributed by atoms with Gasteiger partial charge in [0.15, 0.2) is 0 Å². The molecule has 0 heterocycles. The zero-order valence-electron chi connectivity index (χ0n) is 7.27. The minimum atomic E-state index is -4.96. The van der Waals surface area contributed by atoms with Crippen LogP contribution in [0.1, 0.15) is 25.7 Å². The van der Waals surface area contributed by atoms with Crippen molar-refractivity contribution in [1.29, 1.82) is 0 Å². The van der Waals surface area contributed by atoms with E-state index < -0.39 is 36.6 Å². The quantitative estimate of drug-likeness (QED) is 0.681. The van der Waals surface area contributed by atoms with E-state index >= 15 is 0 Å². The highest BCUT2D eigenvalue weighted by molar-refractivity contribution is 5.70. The van der Waals surface area contributed by atoms with Crippen LogP contribution in [0.15, 0.2) is 0 Å². The van der Waals surface area contributed by atoms with Gasteiger partial charge in [0.25, 0.3) is 0 Å². The summed E-state index contributed by atoms with van der Waals surface area (Å²) < 4.78 is 49.9. The van der Waals surface area contributed by atoms with Crippen molar-refractivity contribution < 1.29 is 27.5 Å². The molecule has 1 rings (SSSR count). The van der Waals surface area contributed by atoms with Gasteiger partial charge in [-0.2, -0.15) is 13.2 Å². The largest absolute Gasteiger partial charge is 0.481 e. The molecule has 6 heteroatoms. The van der Waals surface area contributed by atoms with Crippen LogP contribution in [0.4, 0.5) is 17.6 Å². The van der Waals surface area contributed by atoms with Gasteiger partial charge in [-0.15, -0.1) is 0 Å². The number of carboxylic acid groups (broad SMARTS) is 1. The molecule has 0 aromatic rings. The van der Waals surface area contributed by atoms with Crippen LogP contribution in [0.5, 0.6) is 0 Å². The fourth-order valence-electron chi connectivity index (χ4n) is 1.69. The summed E-state index contributed by atoms with van der Waals surface area (Å²) in [6.07, 6.45) is -6.45. The second-order valence-corrected chi connectivity index (χ2v) is 3.59. The first-order chi connectivity index (χ1) is 6.26. The smallest absolute Gasteiger partial charge is 0.422 e. The Morgan fingerprint density at radius 3 is 2.43 bits per heavy atom. The number of halogens is 4. The van der Waals surface area contributed by atoms with E-state index in [0.717, 1.165) is 0 Å². The maximum absolute atomic E-state index is 13.3. The third kappa shape index (κ3) is 1.99. The lowest BCUT2D eigenvalue weighted by Gasteiger charge is -2.34. The van der Waals surface area contributed by atoms with E-state index in [9.17, 15) is 22.4 Å². The number of carbonyl (C=O) groups is 1. The zero-order chi connectivity index (χ0) is 11.0. The topological polar surface area (TPSA) is 37.3 Å². The predicted molar refractivity (Wildman–Crippen MR) is 39.5 cm³/mol. The Labute approximate surface area is 77.9 Å². The van der Waals surface area contributed by atoms with E-state index in [1.807, 2.05) is 0 Å². The summed E-state index contributed by atoms with van der Waals surface area (Å²) in [7, 11) is 0.